The van der Waals surface area contributed by atoms with Gasteiger partial charge in [0.1, 0.15) is 34.7 Å². The van der Waals surface area contributed by atoms with Crippen molar-refractivity contribution in [3.05, 3.63) is 53.6 Å². The van der Waals surface area contributed by atoms with Crippen molar-refractivity contribution >= 4 is 73.5 Å². The van der Waals surface area contributed by atoms with Crippen LogP contribution in [0.5, 0.6) is 0 Å². The van der Waals surface area contributed by atoms with Gasteiger partial charge in [-0.2, -0.15) is 0 Å². The summed E-state index contributed by atoms with van der Waals surface area (Å²) in [4.78, 5) is 0. The minimum absolute atomic E-state index is 0.335. The summed E-state index contributed by atoms with van der Waals surface area (Å²) in [7, 11) is 18.5. The van der Waals surface area contributed by atoms with Gasteiger partial charge in [-0.1, -0.05) is 52.9 Å². The van der Waals surface area contributed by atoms with E-state index in [1.165, 1.54) is 0 Å². The molecule has 0 aliphatic carbocycles. The molecule has 6 radical (unpaired) electrons. The van der Waals surface area contributed by atoms with Crippen LogP contribution in [0.3, 0.4) is 0 Å². The lowest BCUT2D eigenvalue weighted by atomic mass is 9.68. The summed E-state index contributed by atoms with van der Waals surface area (Å²) in [5, 5.41) is 2.47. The molecule has 0 N–H and O–H groups in total. The van der Waals surface area contributed by atoms with Gasteiger partial charge in [0.2, 0.25) is 0 Å². The highest BCUT2D eigenvalue weighted by Crippen LogP contribution is 2.34. The molecule has 23 heavy (non-hydrogen) atoms. The number of hydrogen-bond donors (Lipinski definition) is 0. The van der Waals surface area contributed by atoms with Crippen LogP contribution in [0.15, 0.2) is 52.9 Å². The molecule has 1 aromatic heterocycles. The molecule has 4 aromatic rings. The zero-order valence-electron chi connectivity index (χ0n) is 12.1. The maximum absolute atomic E-state index is 6.29. The van der Waals surface area contributed by atoms with Crippen LogP contribution in [0.25, 0.3) is 33.1 Å². The number of fused-ring (bicyclic) bond motifs is 3. The first-order valence-corrected chi connectivity index (χ1v) is 7.49. The van der Waals surface area contributed by atoms with E-state index in [1.54, 1.807) is 0 Å². The fourth-order valence-corrected chi connectivity index (χ4v) is 3.06. The summed E-state index contributed by atoms with van der Waals surface area (Å²) >= 11 is 5.99. The van der Waals surface area contributed by atoms with Crippen LogP contribution in [0, 0.1) is 0 Å². The summed E-state index contributed by atoms with van der Waals surface area (Å²) in [5.74, 6) is 0. The van der Waals surface area contributed by atoms with E-state index in [2.05, 4.69) is 0 Å². The monoisotopic (exact) mass is 308 g/mol. The minimum atomic E-state index is 0.335. The van der Waals surface area contributed by atoms with Gasteiger partial charge >= 0.3 is 0 Å². The molecule has 0 amide bonds. The van der Waals surface area contributed by atoms with Gasteiger partial charge in [0.05, 0.1) is 0 Å². The lowest BCUT2D eigenvalue weighted by molar-refractivity contribution is 0.672. The number of benzene rings is 3. The van der Waals surface area contributed by atoms with Gasteiger partial charge in [-0.25, -0.2) is 0 Å². The standard InChI is InChI=1S/C18H8B3ClO/c19-15-13(9-5-7-10(22)8-6-9)14-11-3-1-2-4-12(11)23-18(14)17(21)16(15)20/h1-8H. The molecule has 1 nitrogen and oxygen atoms in total. The molecule has 0 atom stereocenters. The van der Waals surface area contributed by atoms with Crippen molar-refractivity contribution in [2.75, 3.05) is 0 Å². The van der Waals surface area contributed by atoms with Crippen molar-refractivity contribution in [3.8, 4) is 11.1 Å². The molecule has 1 heterocycles. The molecular formula is C18H8B3ClO. The molecule has 102 valence electrons. The summed E-state index contributed by atoms with van der Waals surface area (Å²) in [5.41, 5.74) is 4.18. The van der Waals surface area contributed by atoms with Gasteiger partial charge in [-0.3, -0.25) is 0 Å². The summed E-state index contributed by atoms with van der Waals surface area (Å²) in [6.07, 6.45) is 0. The maximum Gasteiger partial charge on any atom is 0.135 e. The Morgan fingerprint density at radius 3 is 2.22 bits per heavy atom. The molecule has 3 aromatic carbocycles. The number of hydrogen-bond acceptors (Lipinski definition) is 1. The average molecular weight is 308 g/mol. The predicted molar refractivity (Wildman–Crippen MR) is 100 cm³/mol. The fourth-order valence-electron chi connectivity index (χ4n) is 2.94. The molecule has 0 spiro atoms. The SMILES string of the molecule is [B]c1c([B])c(-c2ccc(Cl)cc2)c2c(oc3ccccc32)c1[B]. The van der Waals surface area contributed by atoms with Crippen molar-refractivity contribution in [1.82, 2.24) is 0 Å². The van der Waals surface area contributed by atoms with E-state index in [4.69, 9.17) is 39.6 Å². The largest absolute Gasteiger partial charge is 0.457 e. The van der Waals surface area contributed by atoms with E-state index in [1.807, 2.05) is 48.5 Å². The molecule has 0 aliphatic heterocycles. The van der Waals surface area contributed by atoms with E-state index in [-0.39, 0.29) is 0 Å². The lowest BCUT2D eigenvalue weighted by Gasteiger charge is -2.15. The van der Waals surface area contributed by atoms with Gasteiger partial charge in [0.25, 0.3) is 0 Å². The Labute approximate surface area is 142 Å². The quantitative estimate of drug-likeness (QED) is 0.492. The number of rotatable bonds is 1. The first-order chi connectivity index (χ1) is 11.1. The van der Waals surface area contributed by atoms with Crippen LogP contribution in [-0.4, -0.2) is 23.5 Å². The third kappa shape index (κ3) is 2.13. The van der Waals surface area contributed by atoms with Gasteiger partial charge in [0.15, 0.2) is 0 Å². The molecule has 5 heteroatoms. The Morgan fingerprint density at radius 2 is 1.48 bits per heavy atom. The van der Waals surface area contributed by atoms with E-state index in [0.29, 0.717) is 27.0 Å². The van der Waals surface area contributed by atoms with E-state index < -0.39 is 0 Å². The third-order valence-electron chi connectivity index (χ3n) is 4.07. The van der Waals surface area contributed by atoms with Gasteiger partial charge in [-0.15, -0.1) is 5.46 Å². The lowest BCUT2D eigenvalue weighted by Crippen LogP contribution is -2.40. The van der Waals surface area contributed by atoms with Gasteiger partial charge < -0.3 is 4.42 Å². The van der Waals surface area contributed by atoms with E-state index in [9.17, 15) is 0 Å². The molecule has 0 saturated carbocycles. The molecule has 4 rings (SSSR count). The van der Waals surface area contributed by atoms with Gasteiger partial charge in [0, 0.05) is 15.8 Å². The van der Waals surface area contributed by atoms with Crippen molar-refractivity contribution < 1.29 is 4.42 Å². The van der Waals surface area contributed by atoms with Crippen molar-refractivity contribution in [3.63, 3.8) is 0 Å². The number of halogens is 1. The van der Waals surface area contributed by atoms with Gasteiger partial charge in [-0.05, 0) is 29.3 Å². The Morgan fingerprint density at radius 1 is 0.783 bits per heavy atom. The second-order valence-corrected chi connectivity index (χ2v) is 5.86. The summed E-state index contributed by atoms with van der Waals surface area (Å²) in [6.45, 7) is 0. The van der Waals surface area contributed by atoms with E-state index in [0.717, 1.165) is 27.5 Å². The summed E-state index contributed by atoms with van der Waals surface area (Å²) < 4.78 is 5.92. The van der Waals surface area contributed by atoms with Crippen LogP contribution < -0.4 is 16.4 Å². The topological polar surface area (TPSA) is 13.1 Å². The van der Waals surface area contributed by atoms with Crippen LogP contribution >= 0.6 is 11.6 Å². The van der Waals surface area contributed by atoms with Crippen molar-refractivity contribution in [1.29, 1.82) is 0 Å². The first kappa shape index (κ1) is 14.5. The molecule has 0 aliphatic rings. The minimum Gasteiger partial charge on any atom is -0.457 e. The van der Waals surface area contributed by atoms with Crippen LogP contribution in [0.1, 0.15) is 0 Å². The zero-order valence-corrected chi connectivity index (χ0v) is 12.9. The highest BCUT2D eigenvalue weighted by molar-refractivity contribution is 6.62. The highest BCUT2D eigenvalue weighted by atomic mass is 35.5. The van der Waals surface area contributed by atoms with Crippen LogP contribution in [-0.2, 0) is 0 Å². The van der Waals surface area contributed by atoms with Crippen LogP contribution in [0.2, 0.25) is 5.02 Å². The second kappa shape index (κ2) is 5.24. The second-order valence-electron chi connectivity index (χ2n) is 5.43. The Kier molecular flexibility index (Phi) is 3.31. The maximum atomic E-state index is 6.29. The molecule has 0 saturated heterocycles. The Hall–Kier alpha value is -2.06. The van der Waals surface area contributed by atoms with E-state index >= 15 is 0 Å². The predicted octanol–water partition coefficient (Wildman–Crippen LogP) is 2.29. The van der Waals surface area contributed by atoms with Crippen LogP contribution in [0.4, 0.5) is 0 Å². The third-order valence-corrected chi connectivity index (χ3v) is 4.32. The molecular weight excluding hydrogens is 300 g/mol. The Balaban J connectivity index is 2.23. The van der Waals surface area contributed by atoms with Crippen molar-refractivity contribution in [2.45, 2.75) is 0 Å². The molecule has 0 unspecified atom stereocenters. The summed E-state index contributed by atoms with van der Waals surface area (Å²) in [6, 6.07) is 15.2. The highest BCUT2D eigenvalue weighted by Gasteiger charge is 2.18. The number of para-hydroxylation sites is 1. The molecule has 0 fully saturated rings. The van der Waals surface area contributed by atoms with Crippen molar-refractivity contribution in [2.24, 2.45) is 0 Å². The zero-order chi connectivity index (χ0) is 16.1. The Bertz CT molecular complexity index is 1050. The normalized spacial score (nSPS) is 11.3. The average Bonchev–Trinajstić information content (AvgIpc) is 2.94. The number of furan rings is 1. The fraction of sp³-hybridized carbons (Fsp3) is 0. The first-order valence-electron chi connectivity index (χ1n) is 7.11. The smallest absolute Gasteiger partial charge is 0.135 e. The molecule has 0 bridgehead atoms.